The molecular weight excluding hydrogens is 192 g/mol. The molecule has 0 radical (unpaired) electrons. The number of rotatable bonds is 2. The lowest BCUT2D eigenvalue weighted by Gasteiger charge is -2.01. The van der Waals surface area contributed by atoms with Crippen LogP contribution in [-0.2, 0) is 4.74 Å². The maximum absolute atomic E-state index is 5.40. The molecule has 1 heterocycles. The Morgan fingerprint density at radius 2 is 2.13 bits per heavy atom. The second-order valence-corrected chi connectivity index (χ2v) is 2.98. The molecule has 15 heavy (non-hydrogen) atoms. The van der Waals surface area contributed by atoms with Crippen LogP contribution in [0.15, 0.2) is 18.4 Å². The van der Waals surface area contributed by atoms with E-state index >= 15 is 0 Å². The van der Waals surface area contributed by atoms with Gasteiger partial charge in [0.15, 0.2) is 11.5 Å². The van der Waals surface area contributed by atoms with Gasteiger partial charge in [-0.2, -0.15) is 0 Å². The van der Waals surface area contributed by atoms with Gasteiger partial charge in [0, 0.05) is 11.6 Å². The van der Waals surface area contributed by atoms with E-state index < -0.39 is 0 Å². The Balaban J connectivity index is 2.45. The Morgan fingerprint density at radius 3 is 2.80 bits per heavy atom. The van der Waals surface area contributed by atoms with E-state index in [1.54, 1.807) is 25.5 Å². The van der Waals surface area contributed by atoms with Crippen LogP contribution in [0.3, 0.4) is 0 Å². The van der Waals surface area contributed by atoms with Crippen molar-refractivity contribution in [2.24, 2.45) is 0 Å². The molecular formula is C12H10O3. The third kappa shape index (κ3) is 1.75. The van der Waals surface area contributed by atoms with Crippen molar-refractivity contribution in [1.29, 1.82) is 0 Å². The maximum atomic E-state index is 5.40. The maximum Gasteiger partial charge on any atom is 0.231 e. The van der Waals surface area contributed by atoms with E-state index in [9.17, 15) is 0 Å². The second-order valence-electron chi connectivity index (χ2n) is 2.98. The van der Waals surface area contributed by atoms with Crippen molar-refractivity contribution in [3.05, 3.63) is 29.5 Å². The fraction of sp³-hybridized carbons (Fsp3) is 0.167. The molecule has 0 aliphatic carbocycles. The minimum Gasteiger partial charge on any atom is -0.504 e. The number of hydrogen-bond donors (Lipinski definition) is 0. The minimum atomic E-state index is 0.247. The Hall–Kier alpha value is -2.08. The minimum absolute atomic E-state index is 0.247. The smallest absolute Gasteiger partial charge is 0.231 e. The van der Waals surface area contributed by atoms with E-state index in [0.29, 0.717) is 11.5 Å². The number of terminal acetylenes is 1. The topological polar surface area (TPSA) is 27.7 Å². The van der Waals surface area contributed by atoms with Crippen LogP contribution in [0.4, 0.5) is 0 Å². The summed E-state index contributed by atoms with van der Waals surface area (Å²) in [5.41, 5.74) is 1.64. The predicted molar refractivity (Wildman–Crippen MR) is 56.5 cm³/mol. The highest BCUT2D eigenvalue weighted by molar-refractivity contribution is 5.64. The van der Waals surface area contributed by atoms with Gasteiger partial charge in [-0.05, 0) is 17.7 Å². The van der Waals surface area contributed by atoms with E-state index in [2.05, 4.69) is 5.92 Å². The van der Waals surface area contributed by atoms with Crippen LogP contribution in [0.5, 0.6) is 11.5 Å². The molecule has 0 amide bonds. The molecule has 1 aliphatic heterocycles. The van der Waals surface area contributed by atoms with Gasteiger partial charge >= 0.3 is 0 Å². The predicted octanol–water partition coefficient (Wildman–Crippen LogP) is 2.01. The lowest BCUT2D eigenvalue weighted by molar-refractivity contribution is 0.174. The van der Waals surface area contributed by atoms with Gasteiger partial charge in [-0.25, -0.2) is 0 Å². The highest BCUT2D eigenvalue weighted by atomic mass is 16.7. The zero-order chi connectivity index (χ0) is 10.7. The first-order chi connectivity index (χ1) is 7.35. The molecule has 0 N–H and O–H groups in total. The summed E-state index contributed by atoms with van der Waals surface area (Å²) in [6.45, 7) is 0.247. The molecule has 0 unspecified atom stereocenters. The fourth-order valence-corrected chi connectivity index (χ4v) is 1.36. The van der Waals surface area contributed by atoms with Gasteiger partial charge in [-0.3, -0.25) is 0 Å². The van der Waals surface area contributed by atoms with Crippen LogP contribution in [0.1, 0.15) is 11.1 Å². The zero-order valence-corrected chi connectivity index (χ0v) is 8.32. The molecule has 0 fully saturated rings. The summed E-state index contributed by atoms with van der Waals surface area (Å²) in [6, 6.07) is 3.63. The number of methoxy groups -OCH3 is 1. The lowest BCUT2D eigenvalue weighted by Crippen LogP contribution is -1.92. The van der Waals surface area contributed by atoms with Gasteiger partial charge in [0.1, 0.15) is 0 Å². The van der Waals surface area contributed by atoms with Crippen LogP contribution >= 0.6 is 0 Å². The van der Waals surface area contributed by atoms with Gasteiger partial charge in [0.2, 0.25) is 6.79 Å². The van der Waals surface area contributed by atoms with E-state index in [1.807, 2.05) is 6.07 Å². The summed E-state index contributed by atoms with van der Waals surface area (Å²) in [4.78, 5) is 0. The lowest BCUT2D eigenvalue weighted by atomic mass is 10.1. The van der Waals surface area contributed by atoms with Crippen molar-refractivity contribution < 1.29 is 14.2 Å². The summed E-state index contributed by atoms with van der Waals surface area (Å²) in [5, 5.41) is 0. The van der Waals surface area contributed by atoms with Crippen molar-refractivity contribution in [2.45, 2.75) is 0 Å². The number of ether oxygens (including phenoxy) is 3. The molecule has 2 rings (SSSR count). The number of fused-ring (bicyclic) bond motifs is 1. The fourth-order valence-electron chi connectivity index (χ4n) is 1.36. The molecule has 1 aliphatic rings. The molecule has 0 bridgehead atoms. The van der Waals surface area contributed by atoms with E-state index in [4.69, 9.17) is 20.6 Å². The van der Waals surface area contributed by atoms with Crippen LogP contribution in [0, 0.1) is 12.3 Å². The average Bonchev–Trinajstić information content (AvgIpc) is 2.71. The highest BCUT2D eigenvalue weighted by Gasteiger charge is 2.15. The first kappa shape index (κ1) is 9.47. The van der Waals surface area contributed by atoms with Crippen molar-refractivity contribution >= 4 is 6.08 Å². The van der Waals surface area contributed by atoms with Crippen LogP contribution in [0.2, 0.25) is 0 Å². The Bertz CT molecular complexity index is 441. The second kappa shape index (κ2) is 3.97. The summed E-state index contributed by atoms with van der Waals surface area (Å²) < 4.78 is 15.3. The van der Waals surface area contributed by atoms with Crippen molar-refractivity contribution in [3.63, 3.8) is 0 Å². The summed E-state index contributed by atoms with van der Waals surface area (Å²) in [6.07, 6.45) is 8.75. The zero-order valence-electron chi connectivity index (χ0n) is 8.32. The van der Waals surface area contributed by atoms with Crippen molar-refractivity contribution in [1.82, 2.24) is 0 Å². The molecule has 1 aromatic rings. The standard InChI is InChI=1S/C12H10O3/c1-3-9-6-11-12(15-8-14-11)7-10(9)4-5-13-2/h1,4-7H,8H2,2H3/b5-4+. The van der Waals surface area contributed by atoms with Gasteiger partial charge in [-0.15, -0.1) is 6.42 Å². The molecule has 0 saturated carbocycles. The normalized spacial score (nSPS) is 12.8. The third-order valence-electron chi connectivity index (χ3n) is 2.08. The van der Waals surface area contributed by atoms with Crippen LogP contribution in [-0.4, -0.2) is 13.9 Å². The molecule has 3 heteroatoms. The van der Waals surface area contributed by atoms with Gasteiger partial charge in [0.05, 0.1) is 13.4 Å². The van der Waals surface area contributed by atoms with Gasteiger partial charge in [-0.1, -0.05) is 5.92 Å². The average molecular weight is 202 g/mol. The van der Waals surface area contributed by atoms with E-state index in [-0.39, 0.29) is 6.79 Å². The number of hydrogen-bond acceptors (Lipinski definition) is 3. The molecule has 0 aromatic heterocycles. The molecule has 1 aromatic carbocycles. The van der Waals surface area contributed by atoms with Crippen LogP contribution < -0.4 is 9.47 Å². The largest absolute Gasteiger partial charge is 0.504 e. The molecule has 0 saturated heterocycles. The van der Waals surface area contributed by atoms with Gasteiger partial charge in [0.25, 0.3) is 0 Å². The quantitative estimate of drug-likeness (QED) is 0.542. The Morgan fingerprint density at radius 1 is 1.40 bits per heavy atom. The van der Waals surface area contributed by atoms with Crippen molar-refractivity contribution in [3.8, 4) is 23.8 Å². The summed E-state index contributed by atoms with van der Waals surface area (Å²) in [5.74, 6) is 4.00. The third-order valence-corrected chi connectivity index (χ3v) is 2.08. The monoisotopic (exact) mass is 202 g/mol. The first-order valence-corrected chi connectivity index (χ1v) is 4.44. The molecule has 76 valence electrons. The van der Waals surface area contributed by atoms with E-state index in [1.165, 1.54) is 0 Å². The molecule has 0 spiro atoms. The molecule has 3 nitrogen and oxygen atoms in total. The highest BCUT2D eigenvalue weighted by Crippen LogP contribution is 2.34. The Kier molecular flexibility index (Phi) is 2.51. The van der Waals surface area contributed by atoms with E-state index in [0.717, 1.165) is 11.1 Å². The summed E-state index contributed by atoms with van der Waals surface area (Å²) >= 11 is 0. The SMILES string of the molecule is C#Cc1cc2c(cc1/C=C/OC)OCO2. The molecule has 0 atom stereocenters. The van der Waals surface area contributed by atoms with Gasteiger partial charge < -0.3 is 14.2 Å². The Labute approximate surface area is 88.3 Å². The van der Waals surface area contributed by atoms with Crippen molar-refractivity contribution in [2.75, 3.05) is 13.9 Å². The summed E-state index contributed by atoms with van der Waals surface area (Å²) in [7, 11) is 1.58. The number of benzene rings is 1. The first-order valence-electron chi connectivity index (χ1n) is 4.44. The van der Waals surface area contributed by atoms with Crippen LogP contribution in [0.25, 0.3) is 6.08 Å².